The van der Waals surface area contributed by atoms with Crippen molar-refractivity contribution in [1.29, 1.82) is 0 Å². The molecule has 7 heteroatoms. The number of nitrogens with zero attached hydrogens (tertiary/aromatic N) is 3. The van der Waals surface area contributed by atoms with E-state index in [1.807, 2.05) is 43.0 Å². The lowest BCUT2D eigenvalue weighted by molar-refractivity contribution is 0.0376. The van der Waals surface area contributed by atoms with Crippen LogP contribution in [0.25, 0.3) is 10.2 Å². The fraction of sp³-hybridized carbons (Fsp3) is 0.462. The van der Waals surface area contributed by atoms with E-state index in [2.05, 4.69) is 30.0 Å². The maximum Gasteiger partial charge on any atom is 0.260 e. The van der Waals surface area contributed by atoms with Gasteiger partial charge in [0, 0.05) is 31.7 Å². The fourth-order valence-corrected chi connectivity index (χ4v) is 5.01. The molecule has 6 nitrogen and oxygen atoms in total. The largest absolute Gasteiger partial charge is 0.491 e. The second-order valence-electron chi connectivity index (χ2n) is 8.61. The molecule has 0 unspecified atom stereocenters. The number of anilines is 1. The van der Waals surface area contributed by atoms with Crippen LogP contribution in [-0.4, -0.2) is 61.3 Å². The number of carbonyl (C=O) groups excluding carboxylic acids is 1. The van der Waals surface area contributed by atoms with Crippen molar-refractivity contribution in [3.8, 4) is 5.75 Å². The monoisotopic (exact) mass is 467 g/mol. The van der Waals surface area contributed by atoms with Gasteiger partial charge < -0.3 is 9.47 Å². The Morgan fingerprint density at radius 1 is 1.18 bits per heavy atom. The summed E-state index contributed by atoms with van der Waals surface area (Å²) in [6, 6.07) is 13.8. The van der Waals surface area contributed by atoms with Crippen molar-refractivity contribution >= 4 is 32.6 Å². The first kappa shape index (κ1) is 23.7. The molecule has 1 saturated heterocycles. The Morgan fingerprint density at radius 3 is 2.64 bits per heavy atom. The Bertz CT molecular complexity index is 1060. The molecule has 0 radical (unpaired) electrons. The van der Waals surface area contributed by atoms with Crippen molar-refractivity contribution < 1.29 is 14.3 Å². The first-order valence-electron chi connectivity index (χ1n) is 11.8. The van der Waals surface area contributed by atoms with Gasteiger partial charge in [0.15, 0.2) is 5.13 Å². The van der Waals surface area contributed by atoms with Crippen LogP contribution in [0, 0.1) is 0 Å². The summed E-state index contributed by atoms with van der Waals surface area (Å²) in [5.41, 5.74) is 2.87. The summed E-state index contributed by atoms with van der Waals surface area (Å²) in [6.07, 6.45) is 1.96. The second-order valence-corrected chi connectivity index (χ2v) is 9.62. The van der Waals surface area contributed by atoms with Crippen LogP contribution >= 0.6 is 11.3 Å². The molecule has 0 aliphatic carbocycles. The molecule has 1 amide bonds. The molecular formula is C26H33N3O3S. The number of carbonyl (C=O) groups is 1. The third-order valence-corrected chi connectivity index (χ3v) is 6.80. The van der Waals surface area contributed by atoms with Crippen LogP contribution in [0.1, 0.15) is 43.1 Å². The van der Waals surface area contributed by atoms with Crippen LogP contribution in [0.5, 0.6) is 5.75 Å². The van der Waals surface area contributed by atoms with E-state index in [9.17, 15) is 4.79 Å². The van der Waals surface area contributed by atoms with Gasteiger partial charge in [-0.25, -0.2) is 4.98 Å². The Labute approximate surface area is 200 Å². The van der Waals surface area contributed by atoms with Gasteiger partial charge in [0.25, 0.3) is 5.91 Å². The number of aromatic nitrogens is 1. The SMILES string of the molecule is CCc1ccc2nc(N(CCCN3CCOCC3)C(=O)c3ccc(OC(C)C)cc3)sc2c1. The van der Waals surface area contributed by atoms with Crippen molar-refractivity contribution in [2.75, 3.05) is 44.3 Å². The van der Waals surface area contributed by atoms with Crippen LogP contribution in [0.3, 0.4) is 0 Å². The fourth-order valence-electron chi connectivity index (χ4n) is 3.96. The molecule has 176 valence electrons. The second kappa shape index (κ2) is 11.1. The van der Waals surface area contributed by atoms with Crippen molar-refractivity contribution in [3.63, 3.8) is 0 Å². The molecule has 33 heavy (non-hydrogen) atoms. The third kappa shape index (κ3) is 6.10. The molecule has 2 heterocycles. The Hall–Kier alpha value is -2.48. The quantitative estimate of drug-likeness (QED) is 0.443. The lowest BCUT2D eigenvalue weighted by atomic mass is 10.2. The van der Waals surface area contributed by atoms with E-state index >= 15 is 0 Å². The number of ether oxygens (including phenoxy) is 2. The van der Waals surface area contributed by atoms with Gasteiger partial charge in [-0.15, -0.1) is 0 Å². The molecule has 4 rings (SSSR count). The average molecular weight is 468 g/mol. The molecule has 1 aromatic heterocycles. The van der Waals surface area contributed by atoms with Gasteiger partial charge in [-0.2, -0.15) is 0 Å². The maximum atomic E-state index is 13.6. The molecule has 3 aromatic rings. The topological polar surface area (TPSA) is 54.9 Å². The van der Waals surface area contributed by atoms with Gasteiger partial charge in [-0.3, -0.25) is 14.6 Å². The zero-order valence-electron chi connectivity index (χ0n) is 19.8. The van der Waals surface area contributed by atoms with E-state index in [4.69, 9.17) is 14.5 Å². The van der Waals surface area contributed by atoms with Gasteiger partial charge >= 0.3 is 0 Å². The minimum absolute atomic E-state index is 0.0251. The summed E-state index contributed by atoms with van der Waals surface area (Å²) in [4.78, 5) is 22.6. The summed E-state index contributed by atoms with van der Waals surface area (Å²) >= 11 is 1.59. The number of amides is 1. The Kier molecular flexibility index (Phi) is 7.96. The van der Waals surface area contributed by atoms with Crippen LogP contribution in [0.2, 0.25) is 0 Å². The molecule has 0 atom stereocenters. The lowest BCUT2D eigenvalue weighted by Gasteiger charge is -2.27. The average Bonchev–Trinajstić information content (AvgIpc) is 3.25. The molecule has 1 fully saturated rings. The predicted molar refractivity (Wildman–Crippen MR) is 135 cm³/mol. The zero-order chi connectivity index (χ0) is 23.2. The van der Waals surface area contributed by atoms with E-state index in [-0.39, 0.29) is 12.0 Å². The summed E-state index contributed by atoms with van der Waals surface area (Å²) < 4.78 is 12.3. The van der Waals surface area contributed by atoms with E-state index in [1.165, 1.54) is 5.56 Å². The van der Waals surface area contributed by atoms with Crippen molar-refractivity contribution in [2.45, 2.75) is 39.7 Å². The number of rotatable bonds is 9. The highest BCUT2D eigenvalue weighted by atomic mass is 32.1. The first-order valence-corrected chi connectivity index (χ1v) is 12.6. The van der Waals surface area contributed by atoms with Crippen molar-refractivity contribution in [2.24, 2.45) is 0 Å². The summed E-state index contributed by atoms with van der Waals surface area (Å²) in [5, 5.41) is 0.757. The molecular weight excluding hydrogens is 434 g/mol. The Morgan fingerprint density at radius 2 is 1.94 bits per heavy atom. The van der Waals surface area contributed by atoms with E-state index in [0.717, 1.165) is 66.8 Å². The van der Waals surface area contributed by atoms with Crippen LogP contribution in [0.4, 0.5) is 5.13 Å². The minimum Gasteiger partial charge on any atom is -0.491 e. The summed E-state index contributed by atoms with van der Waals surface area (Å²) in [6.45, 7) is 11.2. The van der Waals surface area contributed by atoms with Gasteiger partial charge in [-0.05, 0) is 68.7 Å². The maximum absolute atomic E-state index is 13.6. The van der Waals surface area contributed by atoms with E-state index in [0.29, 0.717) is 12.1 Å². The smallest absolute Gasteiger partial charge is 0.260 e. The van der Waals surface area contributed by atoms with Crippen molar-refractivity contribution in [1.82, 2.24) is 9.88 Å². The highest BCUT2D eigenvalue weighted by Gasteiger charge is 2.22. The third-order valence-electron chi connectivity index (χ3n) is 5.76. The highest BCUT2D eigenvalue weighted by Crippen LogP contribution is 2.31. The molecule has 1 aliphatic heterocycles. The van der Waals surface area contributed by atoms with Crippen molar-refractivity contribution in [3.05, 3.63) is 53.6 Å². The minimum atomic E-state index is -0.0251. The number of thiazole rings is 1. The normalized spacial score (nSPS) is 14.7. The van der Waals surface area contributed by atoms with Crippen LogP contribution < -0.4 is 9.64 Å². The summed E-state index contributed by atoms with van der Waals surface area (Å²) in [5.74, 6) is 0.746. The molecule has 0 saturated carbocycles. The van der Waals surface area contributed by atoms with Gasteiger partial charge in [-0.1, -0.05) is 24.3 Å². The molecule has 1 aliphatic rings. The number of benzene rings is 2. The zero-order valence-corrected chi connectivity index (χ0v) is 20.6. The number of hydrogen-bond acceptors (Lipinski definition) is 6. The standard InChI is InChI=1S/C26H33N3O3S/c1-4-20-6-11-23-24(18-20)33-26(27-23)29(13-5-12-28-14-16-31-17-15-28)25(30)21-7-9-22(10-8-21)32-19(2)3/h6-11,18-19H,4-5,12-17H2,1-3H3. The van der Waals surface area contributed by atoms with Crippen LogP contribution in [0.15, 0.2) is 42.5 Å². The van der Waals surface area contributed by atoms with Gasteiger partial charge in [0.05, 0.1) is 29.5 Å². The number of aryl methyl sites for hydroxylation is 1. The van der Waals surface area contributed by atoms with Gasteiger partial charge in [0.1, 0.15) is 5.75 Å². The van der Waals surface area contributed by atoms with E-state index < -0.39 is 0 Å². The predicted octanol–water partition coefficient (Wildman–Crippen LogP) is 5.02. The van der Waals surface area contributed by atoms with Gasteiger partial charge in [0.2, 0.25) is 0 Å². The molecule has 0 bridgehead atoms. The first-order chi connectivity index (χ1) is 16.0. The van der Waals surface area contributed by atoms with E-state index in [1.54, 1.807) is 11.3 Å². The lowest BCUT2D eigenvalue weighted by Crippen LogP contribution is -2.39. The van der Waals surface area contributed by atoms with Crippen LogP contribution in [-0.2, 0) is 11.2 Å². The summed E-state index contributed by atoms with van der Waals surface area (Å²) in [7, 11) is 0. The number of hydrogen-bond donors (Lipinski definition) is 0. The molecule has 2 aromatic carbocycles. The number of fused-ring (bicyclic) bond motifs is 1. The molecule has 0 spiro atoms. The molecule has 0 N–H and O–H groups in total. The number of morpholine rings is 1. The highest BCUT2D eigenvalue weighted by molar-refractivity contribution is 7.22. The Balaban J connectivity index is 1.55.